The number of methoxy groups -OCH3 is 1. The van der Waals surface area contributed by atoms with Gasteiger partial charge in [0.25, 0.3) is 11.8 Å². The molecule has 4 rings (SSSR count). The van der Waals surface area contributed by atoms with Crippen LogP contribution < -0.4 is 26.0 Å². The third-order valence-corrected chi connectivity index (χ3v) is 5.20. The molecule has 0 spiro atoms. The van der Waals surface area contributed by atoms with E-state index >= 15 is 0 Å². The van der Waals surface area contributed by atoms with Crippen molar-refractivity contribution >= 4 is 34.9 Å². The number of para-hydroxylation sites is 1. The molecule has 0 saturated heterocycles. The number of carbonyl (C=O) groups is 3. The molecular weight excluding hydrogens is 468 g/mol. The van der Waals surface area contributed by atoms with Gasteiger partial charge in [-0.3, -0.25) is 14.4 Å². The second kappa shape index (κ2) is 10.8. The summed E-state index contributed by atoms with van der Waals surface area (Å²) in [6.45, 7) is -0.507. The van der Waals surface area contributed by atoms with Gasteiger partial charge in [0.15, 0.2) is 23.1 Å². The summed E-state index contributed by atoms with van der Waals surface area (Å²) < 4.78 is 33.0. The van der Waals surface area contributed by atoms with E-state index in [0.717, 1.165) is 12.8 Å². The molecule has 188 valence electrons. The van der Waals surface area contributed by atoms with E-state index < -0.39 is 12.9 Å². The maximum atomic E-state index is 12.7. The zero-order valence-electron chi connectivity index (χ0n) is 22.5. The zero-order valence-corrected chi connectivity index (χ0v) is 19.5. The predicted octanol–water partition coefficient (Wildman–Crippen LogP) is 1.67. The standard InChI is InChI=1S/C23H26N8O5/c1-4-25-18(32)11-17-28-23(36-31-17)13-6-5-7-14(20(13)35-3)26-15-10-16(27-21(33)12-8-9-12)29-30-19(15)22(34)24-2/h5-7,10,12H,4,8-9,11H2,1-3H3,(H,24,34)(H,25,32)(H2,26,27,29,33)/i2D3. The van der Waals surface area contributed by atoms with Gasteiger partial charge in [0.2, 0.25) is 11.8 Å². The molecule has 2 aromatic heterocycles. The second-order valence-electron chi connectivity index (χ2n) is 7.87. The molecule has 0 aliphatic heterocycles. The Morgan fingerprint density at radius 1 is 1.22 bits per heavy atom. The van der Waals surface area contributed by atoms with E-state index in [0.29, 0.717) is 17.8 Å². The lowest BCUT2D eigenvalue weighted by Gasteiger charge is -2.15. The Morgan fingerprint density at radius 3 is 2.78 bits per heavy atom. The Labute approximate surface area is 210 Å². The largest absolute Gasteiger partial charge is 0.494 e. The van der Waals surface area contributed by atoms with Crippen molar-refractivity contribution in [1.29, 1.82) is 0 Å². The number of carbonyl (C=O) groups excluding carboxylic acids is 3. The van der Waals surface area contributed by atoms with E-state index in [1.165, 1.54) is 13.2 Å². The van der Waals surface area contributed by atoms with Crippen LogP contribution in [-0.4, -0.2) is 58.7 Å². The minimum Gasteiger partial charge on any atom is -0.494 e. The zero-order chi connectivity index (χ0) is 28.2. The monoisotopic (exact) mass is 497 g/mol. The normalized spacial score (nSPS) is 14.1. The molecule has 0 radical (unpaired) electrons. The highest BCUT2D eigenvalue weighted by atomic mass is 16.5. The summed E-state index contributed by atoms with van der Waals surface area (Å²) in [4.78, 5) is 41.1. The van der Waals surface area contributed by atoms with Crippen molar-refractivity contribution in [3.8, 4) is 17.2 Å². The lowest BCUT2D eigenvalue weighted by Crippen LogP contribution is -2.24. The first-order valence-corrected chi connectivity index (χ1v) is 11.1. The number of hydrogen-bond acceptors (Lipinski definition) is 10. The number of likely N-dealkylation sites (N-methyl/N-ethyl adjacent to an activating group) is 1. The summed E-state index contributed by atoms with van der Waals surface area (Å²) in [6.07, 6.45) is 1.47. The number of aromatic nitrogens is 4. The number of rotatable bonds is 10. The summed E-state index contributed by atoms with van der Waals surface area (Å²) >= 11 is 0. The number of nitrogens with one attached hydrogen (secondary N) is 4. The summed E-state index contributed by atoms with van der Waals surface area (Å²) in [5.41, 5.74) is 0.435. The highest BCUT2D eigenvalue weighted by Crippen LogP contribution is 2.38. The quantitative estimate of drug-likeness (QED) is 0.323. The molecule has 0 unspecified atom stereocenters. The number of amides is 3. The van der Waals surface area contributed by atoms with Gasteiger partial charge >= 0.3 is 0 Å². The summed E-state index contributed by atoms with van der Waals surface area (Å²) in [7, 11) is 1.41. The van der Waals surface area contributed by atoms with Crippen molar-refractivity contribution in [2.45, 2.75) is 26.2 Å². The predicted molar refractivity (Wildman–Crippen MR) is 129 cm³/mol. The first-order chi connectivity index (χ1) is 18.6. The molecule has 36 heavy (non-hydrogen) atoms. The van der Waals surface area contributed by atoms with Gasteiger partial charge in [0.05, 0.1) is 30.5 Å². The van der Waals surface area contributed by atoms with Crippen molar-refractivity contribution in [3.63, 3.8) is 0 Å². The molecule has 13 nitrogen and oxygen atoms in total. The Morgan fingerprint density at radius 2 is 2.06 bits per heavy atom. The van der Waals surface area contributed by atoms with Gasteiger partial charge in [0.1, 0.15) is 0 Å². The molecule has 1 saturated carbocycles. The third-order valence-electron chi connectivity index (χ3n) is 5.20. The van der Waals surface area contributed by atoms with Crippen LogP contribution in [0.5, 0.6) is 5.75 Å². The second-order valence-corrected chi connectivity index (χ2v) is 7.87. The Hall–Kier alpha value is -4.55. The van der Waals surface area contributed by atoms with Gasteiger partial charge in [-0.2, -0.15) is 4.98 Å². The Kier molecular flexibility index (Phi) is 6.24. The van der Waals surface area contributed by atoms with Crippen LogP contribution in [0.4, 0.5) is 17.2 Å². The summed E-state index contributed by atoms with van der Waals surface area (Å²) in [6, 6.07) is 6.30. The molecule has 1 aromatic carbocycles. The Balaban J connectivity index is 1.67. The average Bonchev–Trinajstić information content (AvgIpc) is 3.62. The minimum absolute atomic E-state index is 0.0516. The van der Waals surface area contributed by atoms with Crippen LogP contribution in [-0.2, 0) is 16.0 Å². The molecule has 0 bridgehead atoms. The lowest BCUT2D eigenvalue weighted by molar-refractivity contribution is -0.120. The van der Waals surface area contributed by atoms with Crippen molar-refractivity contribution < 1.29 is 27.8 Å². The van der Waals surface area contributed by atoms with Crippen molar-refractivity contribution in [1.82, 2.24) is 31.0 Å². The van der Waals surface area contributed by atoms with Gasteiger partial charge in [-0.05, 0) is 31.9 Å². The van der Waals surface area contributed by atoms with Crippen molar-refractivity contribution in [2.24, 2.45) is 5.92 Å². The maximum absolute atomic E-state index is 12.7. The first-order valence-electron chi connectivity index (χ1n) is 12.6. The van der Waals surface area contributed by atoms with Gasteiger partial charge in [-0.25, -0.2) is 0 Å². The van der Waals surface area contributed by atoms with Crippen molar-refractivity contribution in [2.75, 3.05) is 31.3 Å². The van der Waals surface area contributed by atoms with Crippen LogP contribution in [0.15, 0.2) is 28.8 Å². The number of anilines is 3. The summed E-state index contributed by atoms with van der Waals surface area (Å²) in [5, 5.41) is 21.8. The smallest absolute Gasteiger partial charge is 0.273 e. The molecule has 2 heterocycles. The SMILES string of the molecule is [2H]C([2H])([2H])NC(=O)c1nnc(NC(=O)C2CC2)cc1Nc1cccc(-c2nc(CC(=O)NCC)no2)c1OC. The van der Waals surface area contributed by atoms with E-state index in [1.807, 2.05) is 5.32 Å². The maximum Gasteiger partial charge on any atom is 0.273 e. The topological polar surface area (TPSA) is 173 Å². The van der Waals surface area contributed by atoms with Gasteiger partial charge in [0, 0.05) is 29.6 Å². The number of ether oxygens (including phenoxy) is 1. The molecular formula is C23H26N8O5. The molecule has 4 N–H and O–H groups in total. The van der Waals surface area contributed by atoms with Crippen molar-refractivity contribution in [3.05, 3.63) is 35.8 Å². The van der Waals surface area contributed by atoms with Gasteiger partial charge in [-0.1, -0.05) is 11.2 Å². The summed E-state index contributed by atoms with van der Waals surface area (Å²) in [5.74, 6) is -1.03. The van der Waals surface area contributed by atoms with Crippen LogP contribution >= 0.6 is 0 Å². The average molecular weight is 498 g/mol. The highest BCUT2D eigenvalue weighted by Gasteiger charge is 2.30. The van der Waals surface area contributed by atoms with E-state index in [4.69, 9.17) is 13.4 Å². The fourth-order valence-electron chi connectivity index (χ4n) is 3.36. The molecule has 1 fully saturated rings. The lowest BCUT2D eigenvalue weighted by atomic mass is 10.1. The van der Waals surface area contributed by atoms with Crippen LogP contribution in [0.3, 0.4) is 0 Å². The first kappa shape index (κ1) is 20.8. The number of benzene rings is 1. The number of nitrogens with zero attached hydrogens (tertiary/aromatic N) is 4. The molecule has 3 amide bonds. The van der Waals surface area contributed by atoms with Crippen LogP contribution in [0.2, 0.25) is 0 Å². The fraction of sp³-hybridized carbons (Fsp3) is 0.348. The van der Waals surface area contributed by atoms with Crippen LogP contribution in [0.25, 0.3) is 11.5 Å². The fourth-order valence-corrected chi connectivity index (χ4v) is 3.36. The third kappa shape index (κ3) is 5.56. The van der Waals surface area contributed by atoms with Gasteiger partial charge in [-0.15, -0.1) is 10.2 Å². The molecule has 1 aliphatic rings. The van der Waals surface area contributed by atoms with E-state index in [-0.39, 0.29) is 58.8 Å². The molecule has 0 atom stereocenters. The van der Waals surface area contributed by atoms with E-state index in [9.17, 15) is 14.4 Å². The van der Waals surface area contributed by atoms with E-state index in [2.05, 4.69) is 36.3 Å². The molecule has 1 aliphatic carbocycles. The van der Waals surface area contributed by atoms with Gasteiger partial charge < -0.3 is 30.5 Å². The Bertz CT molecular complexity index is 1390. The highest BCUT2D eigenvalue weighted by molar-refractivity contribution is 6.00. The molecule has 13 heteroatoms. The van der Waals surface area contributed by atoms with E-state index in [1.54, 1.807) is 25.1 Å². The van der Waals surface area contributed by atoms with Crippen LogP contribution in [0.1, 0.15) is 40.2 Å². The minimum atomic E-state index is -2.77. The van der Waals surface area contributed by atoms with Crippen LogP contribution in [0, 0.1) is 5.92 Å². The molecule has 3 aromatic rings. The number of hydrogen-bond donors (Lipinski definition) is 4.